The molecule has 0 bridgehead atoms. The maximum Gasteiger partial charge on any atom is 0.360 e. The molecule has 2 aromatic heterocycles. The Labute approximate surface area is 206 Å². The minimum Gasteiger partial charge on any atom is -0.493 e. The smallest absolute Gasteiger partial charge is 0.360 e. The average Bonchev–Trinajstić information content (AvgIpc) is 3.19. The molecule has 0 aliphatic heterocycles. The second kappa shape index (κ2) is 10.3. The van der Waals surface area contributed by atoms with Crippen LogP contribution >= 0.6 is 23.4 Å². The number of nitrogens with zero attached hydrogens (tertiary/aromatic N) is 4. The van der Waals surface area contributed by atoms with Gasteiger partial charge in [-0.1, -0.05) is 17.7 Å². The van der Waals surface area contributed by atoms with Crippen molar-refractivity contribution in [2.24, 2.45) is 0 Å². The molecule has 0 aliphatic rings. The summed E-state index contributed by atoms with van der Waals surface area (Å²) in [5.41, 5.74) is 3.64. The van der Waals surface area contributed by atoms with E-state index in [0.717, 1.165) is 21.7 Å². The van der Waals surface area contributed by atoms with Crippen LogP contribution in [0.3, 0.4) is 0 Å². The van der Waals surface area contributed by atoms with E-state index in [1.807, 2.05) is 49.4 Å². The van der Waals surface area contributed by atoms with Gasteiger partial charge in [-0.15, -0.1) is 22.0 Å². The van der Waals surface area contributed by atoms with E-state index < -0.39 is 5.97 Å². The van der Waals surface area contributed by atoms with Gasteiger partial charge >= 0.3 is 5.97 Å². The fourth-order valence-corrected chi connectivity index (χ4v) is 4.57. The highest BCUT2D eigenvalue weighted by Crippen LogP contribution is 2.36. The van der Waals surface area contributed by atoms with Gasteiger partial charge < -0.3 is 14.2 Å². The molecule has 10 heteroatoms. The summed E-state index contributed by atoms with van der Waals surface area (Å²) in [6, 6.07) is 13.1. The molecule has 4 rings (SSSR count). The van der Waals surface area contributed by atoms with Gasteiger partial charge in [0.05, 0.1) is 37.8 Å². The molecule has 0 unspecified atom stereocenters. The number of ether oxygens (including phenoxy) is 3. The number of hydrogen-bond donors (Lipinski definition) is 0. The number of halogens is 1. The van der Waals surface area contributed by atoms with E-state index in [1.54, 1.807) is 25.7 Å². The van der Waals surface area contributed by atoms with Gasteiger partial charge in [-0.2, -0.15) is 5.10 Å². The highest BCUT2D eigenvalue weighted by Gasteiger charge is 2.24. The van der Waals surface area contributed by atoms with Crippen LogP contribution in [0.1, 0.15) is 28.8 Å². The minimum atomic E-state index is -0.538. The van der Waals surface area contributed by atoms with Gasteiger partial charge in [0.2, 0.25) is 0 Å². The molecule has 0 aliphatic carbocycles. The number of benzene rings is 2. The third kappa shape index (κ3) is 4.67. The Bertz CT molecular complexity index is 1340. The Morgan fingerprint density at radius 2 is 1.79 bits per heavy atom. The van der Waals surface area contributed by atoms with Gasteiger partial charge in [-0.3, -0.25) is 0 Å². The normalized spacial score (nSPS) is 11.0. The molecular formula is C24H23ClN4O4S. The lowest BCUT2D eigenvalue weighted by atomic mass is 10.1. The van der Waals surface area contributed by atoms with Crippen molar-refractivity contribution in [2.45, 2.75) is 24.5 Å². The minimum absolute atomic E-state index is 0.136. The zero-order chi connectivity index (χ0) is 24.2. The van der Waals surface area contributed by atoms with Crippen LogP contribution < -0.4 is 9.47 Å². The van der Waals surface area contributed by atoms with E-state index in [0.29, 0.717) is 33.6 Å². The molecule has 0 fully saturated rings. The number of carbonyl (C=O) groups excluding carboxylic acids is 1. The molecule has 34 heavy (non-hydrogen) atoms. The lowest BCUT2D eigenvalue weighted by Crippen LogP contribution is -2.16. The Balaban J connectivity index is 1.83. The molecule has 4 aromatic rings. The summed E-state index contributed by atoms with van der Waals surface area (Å²) in [6.07, 6.45) is 0. The fourth-order valence-electron chi connectivity index (χ4n) is 3.55. The molecule has 0 atom stereocenters. The van der Waals surface area contributed by atoms with Crippen molar-refractivity contribution >= 4 is 35.0 Å². The molecule has 2 heterocycles. The quantitative estimate of drug-likeness (QED) is 0.241. The summed E-state index contributed by atoms with van der Waals surface area (Å²) in [6.45, 7) is 3.87. The molecule has 0 radical (unpaired) electrons. The van der Waals surface area contributed by atoms with Crippen LogP contribution in [0, 0.1) is 6.92 Å². The van der Waals surface area contributed by atoms with Crippen molar-refractivity contribution in [3.8, 4) is 22.6 Å². The third-order valence-corrected chi connectivity index (χ3v) is 6.42. The third-order valence-electron chi connectivity index (χ3n) is 5.14. The van der Waals surface area contributed by atoms with Crippen molar-refractivity contribution in [3.63, 3.8) is 0 Å². The van der Waals surface area contributed by atoms with Crippen molar-refractivity contribution in [3.05, 3.63) is 64.6 Å². The highest BCUT2D eigenvalue weighted by molar-refractivity contribution is 7.98. The largest absolute Gasteiger partial charge is 0.493 e. The molecule has 2 aromatic carbocycles. The number of esters is 1. The van der Waals surface area contributed by atoms with Gasteiger partial charge in [-0.05, 0) is 55.8 Å². The molecule has 0 saturated carbocycles. The van der Waals surface area contributed by atoms with Crippen molar-refractivity contribution in [1.29, 1.82) is 0 Å². The molecule has 8 nitrogen and oxygen atoms in total. The standard InChI is InChI=1S/C24H23ClN4O4S/c1-5-33-24(30)22-18(13-34-17-9-7-16(25)8-10-17)29-23(27-26-22)21(14(2)28-29)15-6-11-19(31-3)20(12-15)32-4/h6-12H,5,13H2,1-4H3. The maximum atomic E-state index is 12.7. The first-order chi connectivity index (χ1) is 16.5. The Hall–Kier alpha value is -3.30. The van der Waals surface area contributed by atoms with Crippen molar-refractivity contribution < 1.29 is 19.0 Å². The van der Waals surface area contributed by atoms with Gasteiger partial charge in [0, 0.05) is 15.7 Å². The zero-order valence-electron chi connectivity index (χ0n) is 19.2. The van der Waals surface area contributed by atoms with E-state index in [2.05, 4.69) is 10.2 Å². The summed E-state index contributed by atoms with van der Waals surface area (Å²) in [5.74, 6) is 1.10. The molecule has 0 spiro atoms. The second-order valence-electron chi connectivity index (χ2n) is 7.22. The van der Waals surface area contributed by atoms with Crippen molar-refractivity contribution in [1.82, 2.24) is 19.8 Å². The van der Waals surface area contributed by atoms with Crippen molar-refractivity contribution in [2.75, 3.05) is 20.8 Å². The van der Waals surface area contributed by atoms with Gasteiger partial charge in [-0.25, -0.2) is 9.31 Å². The lowest BCUT2D eigenvalue weighted by Gasteiger charge is -2.11. The van der Waals surface area contributed by atoms with Crippen LogP contribution in [0.4, 0.5) is 0 Å². The lowest BCUT2D eigenvalue weighted by molar-refractivity contribution is 0.0516. The average molecular weight is 499 g/mol. The first kappa shape index (κ1) is 23.8. The monoisotopic (exact) mass is 498 g/mol. The van der Waals surface area contributed by atoms with E-state index in [4.69, 9.17) is 30.9 Å². The van der Waals surface area contributed by atoms with E-state index in [-0.39, 0.29) is 12.3 Å². The summed E-state index contributed by atoms with van der Waals surface area (Å²) in [7, 11) is 3.17. The Kier molecular flexibility index (Phi) is 7.23. The first-order valence-electron chi connectivity index (χ1n) is 10.5. The summed E-state index contributed by atoms with van der Waals surface area (Å²) < 4.78 is 17.7. The van der Waals surface area contributed by atoms with Crippen LogP contribution in [-0.4, -0.2) is 46.6 Å². The topological polar surface area (TPSA) is 87.8 Å². The summed E-state index contributed by atoms with van der Waals surface area (Å²) in [5, 5.41) is 14.0. The van der Waals surface area contributed by atoms with Gasteiger partial charge in [0.1, 0.15) is 0 Å². The SMILES string of the molecule is CCOC(=O)c1nnc2c(-c3ccc(OC)c(OC)c3)c(C)nn2c1CSc1ccc(Cl)cc1. The van der Waals surface area contributed by atoms with Crippen LogP contribution in [0.5, 0.6) is 11.5 Å². The molecule has 0 N–H and O–H groups in total. The predicted molar refractivity (Wildman–Crippen MR) is 131 cm³/mol. The number of aromatic nitrogens is 4. The van der Waals surface area contributed by atoms with E-state index in [1.165, 1.54) is 11.8 Å². The van der Waals surface area contributed by atoms with E-state index >= 15 is 0 Å². The Morgan fingerprint density at radius 3 is 2.47 bits per heavy atom. The number of methoxy groups -OCH3 is 2. The zero-order valence-corrected chi connectivity index (χ0v) is 20.7. The summed E-state index contributed by atoms with van der Waals surface area (Å²) >= 11 is 7.54. The molecule has 0 saturated heterocycles. The molecular weight excluding hydrogens is 476 g/mol. The fraction of sp³-hybridized carbons (Fsp3) is 0.250. The number of rotatable bonds is 8. The number of thioether (sulfide) groups is 1. The van der Waals surface area contributed by atoms with Gasteiger partial charge in [0.25, 0.3) is 0 Å². The summed E-state index contributed by atoms with van der Waals surface area (Å²) in [4.78, 5) is 13.7. The van der Waals surface area contributed by atoms with Gasteiger partial charge in [0.15, 0.2) is 22.8 Å². The molecule has 176 valence electrons. The maximum absolute atomic E-state index is 12.7. The first-order valence-corrected chi connectivity index (χ1v) is 11.9. The number of carbonyl (C=O) groups is 1. The highest BCUT2D eigenvalue weighted by atomic mass is 35.5. The van der Waals surface area contributed by atoms with Crippen LogP contribution in [0.25, 0.3) is 16.8 Å². The molecule has 0 amide bonds. The predicted octanol–water partition coefficient (Wildman–Crippen LogP) is 5.24. The van der Waals surface area contributed by atoms with Crippen LogP contribution in [-0.2, 0) is 10.5 Å². The van der Waals surface area contributed by atoms with Crippen LogP contribution in [0.2, 0.25) is 5.02 Å². The van der Waals surface area contributed by atoms with E-state index in [9.17, 15) is 4.79 Å². The van der Waals surface area contributed by atoms with Crippen LogP contribution in [0.15, 0.2) is 47.4 Å². The Morgan fingerprint density at radius 1 is 1.06 bits per heavy atom. The number of aryl methyl sites for hydroxylation is 1. The second-order valence-corrected chi connectivity index (χ2v) is 8.71. The number of hydrogen-bond acceptors (Lipinski definition) is 8. The number of fused-ring (bicyclic) bond motifs is 1.